The second kappa shape index (κ2) is 6.10. The first-order valence-corrected chi connectivity index (χ1v) is 7.72. The molecule has 0 bridgehead atoms. The van der Waals surface area contributed by atoms with Gasteiger partial charge < -0.3 is 9.72 Å². The topological polar surface area (TPSA) is 59.9 Å². The molecule has 0 spiro atoms. The maximum Gasteiger partial charge on any atom is 0.277 e. The molecule has 0 saturated carbocycles. The summed E-state index contributed by atoms with van der Waals surface area (Å²) in [6.45, 7) is 5.21. The van der Waals surface area contributed by atoms with Crippen LogP contribution < -0.4 is 5.56 Å². The fourth-order valence-electron chi connectivity index (χ4n) is 2.48. The summed E-state index contributed by atoms with van der Waals surface area (Å²) in [6.07, 6.45) is 2.57. The molecule has 0 aliphatic rings. The van der Waals surface area contributed by atoms with Crippen LogP contribution in [0.3, 0.4) is 0 Å². The third kappa shape index (κ3) is 2.87. The zero-order valence-electron chi connectivity index (χ0n) is 12.6. The van der Waals surface area contributed by atoms with Crippen molar-refractivity contribution in [1.82, 2.24) is 14.5 Å². The number of hydrogen-bond donors (Lipinski definition) is 1. The van der Waals surface area contributed by atoms with Crippen LogP contribution in [0.2, 0.25) is 5.02 Å². The summed E-state index contributed by atoms with van der Waals surface area (Å²) in [5.41, 5.74) is 1.98. The average Bonchev–Trinajstić information content (AvgIpc) is 2.84. The molecule has 1 aromatic carbocycles. The van der Waals surface area contributed by atoms with Gasteiger partial charge in [0.25, 0.3) is 5.56 Å². The van der Waals surface area contributed by atoms with E-state index in [0.29, 0.717) is 29.2 Å². The number of aryl methyl sites for hydroxylation is 1. The van der Waals surface area contributed by atoms with E-state index in [0.717, 1.165) is 17.3 Å². The smallest absolute Gasteiger partial charge is 0.277 e. The maximum absolute atomic E-state index is 12.5. The second-order valence-electron chi connectivity index (χ2n) is 5.55. The molecule has 22 heavy (non-hydrogen) atoms. The van der Waals surface area contributed by atoms with E-state index in [9.17, 15) is 4.79 Å². The van der Waals surface area contributed by atoms with Crippen molar-refractivity contribution in [2.45, 2.75) is 32.9 Å². The minimum absolute atomic E-state index is 0.0677. The van der Waals surface area contributed by atoms with Crippen LogP contribution >= 0.6 is 11.6 Å². The van der Waals surface area contributed by atoms with E-state index in [1.54, 1.807) is 17.0 Å². The number of rotatable bonds is 5. The summed E-state index contributed by atoms with van der Waals surface area (Å²) in [5, 5.41) is 1.50. The number of aromatic nitrogens is 3. The van der Waals surface area contributed by atoms with Gasteiger partial charge in [0.2, 0.25) is 0 Å². The Kier molecular flexibility index (Phi) is 4.18. The van der Waals surface area contributed by atoms with Crippen LogP contribution in [0, 0.1) is 0 Å². The van der Waals surface area contributed by atoms with Crippen molar-refractivity contribution in [2.24, 2.45) is 0 Å². The van der Waals surface area contributed by atoms with Gasteiger partial charge >= 0.3 is 0 Å². The van der Waals surface area contributed by atoms with Crippen molar-refractivity contribution in [1.29, 1.82) is 0 Å². The van der Waals surface area contributed by atoms with E-state index >= 15 is 0 Å². The van der Waals surface area contributed by atoms with Crippen LogP contribution in [0.5, 0.6) is 0 Å². The van der Waals surface area contributed by atoms with Crippen molar-refractivity contribution >= 4 is 33.5 Å². The molecule has 0 amide bonds. The summed E-state index contributed by atoms with van der Waals surface area (Å²) in [6, 6.07) is 5.48. The molecule has 0 atom stereocenters. The van der Waals surface area contributed by atoms with E-state index in [1.807, 2.05) is 26.0 Å². The van der Waals surface area contributed by atoms with Gasteiger partial charge in [-0.1, -0.05) is 11.6 Å². The summed E-state index contributed by atoms with van der Waals surface area (Å²) >= 11 is 6.02. The normalized spacial score (nSPS) is 11.8. The third-order valence-corrected chi connectivity index (χ3v) is 3.76. The summed E-state index contributed by atoms with van der Waals surface area (Å²) in [7, 11) is 0. The molecule has 116 valence electrons. The quantitative estimate of drug-likeness (QED) is 0.734. The van der Waals surface area contributed by atoms with Crippen LogP contribution in [0.1, 0.15) is 20.3 Å². The number of ether oxygens (including phenoxy) is 1. The van der Waals surface area contributed by atoms with E-state index in [4.69, 9.17) is 16.3 Å². The molecule has 2 aromatic heterocycles. The molecule has 0 radical (unpaired) electrons. The van der Waals surface area contributed by atoms with Crippen LogP contribution in [0.15, 0.2) is 29.3 Å². The van der Waals surface area contributed by atoms with E-state index in [2.05, 4.69) is 9.97 Å². The van der Waals surface area contributed by atoms with Gasteiger partial charge in [0, 0.05) is 29.1 Å². The molecule has 6 heteroatoms. The van der Waals surface area contributed by atoms with E-state index in [1.165, 1.54) is 0 Å². The van der Waals surface area contributed by atoms with E-state index < -0.39 is 0 Å². The van der Waals surface area contributed by atoms with Crippen molar-refractivity contribution in [2.75, 3.05) is 6.61 Å². The number of nitrogens with one attached hydrogen (secondary N) is 1. The molecule has 2 heterocycles. The number of benzene rings is 1. The lowest BCUT2D eigenvalue weighted by molar-refractivity contribution is 0.0747. The van der Waals surface area contributed by atoms with Gasteiger partial charge in [-0.25, -0.2) is 4.98 Å². The Labute approximate surface area is 132 Å². The molecule has 0 fully saturated rings. The van der Waals surface area contributed by atoms with Gasteiger partial charge in [-0.3, -0.25) is 9.36 Å². The van der Waals surface area contributed by atoms with Crippen molar-refractivity contribution < 1.29 is 4.74 Å². The lowest BCUT2D eigenvalue weighted by Crippen LogP contribution is -2.21. The first-order valence-electron chi connectivity index (χ1n) is 7.34. The summed E-state index contributed by atoms with van der Waals surface area (Å²) in [4.78, 5) is 20.1. The maximum atomic E-state index is 12.5. The van der Waals surface area contributed by atoms with E-state index in [-0.39, 0.29) is 11.7 Å². The third-order valence-electron chi connectivity index (χ3n) is 3.53. The number of nitrogens with zero attached hydrogens (tertiary/aromatic N) is 2. The Morgan fingerprint density at radius 3 is 3.00 bits per heavy atom. The molecule has 5 nitrogen and oxygen atoms in total. The standard InChI is InChI=1S/C16H18ClN3O2/c1-10(2)22-7-3-6-20-9-18-14-12-8-11(17)4-5-13(12)19-15(14)16(20)21/h4-5,8-10,19H,3,6-7H2,1-2H3. The molecule has 3 rings (SSSR count). The monoisotopic (exact) mass is 319 g/mol. The zero-order chi connectivity index (χ0) is 15.7. The highest BCUT2D eigenvalue weighted by atomic mass is 35.5. The summed E-state index contributed by atoms with van der Waals surface area (Å²) in [5.74, 6) is 0. The Morgan fingerprint density at radius 1 is 1.41 bits per heavy atom. The molecular weight excluding hydrogens is 302 g/mol. The number of aromatic amines is 1. The SMILES string of the molecule is CC(C)OCCCn1cnc2c([nH]c3ccc(Cl)cc32)c1=O. The molecule has 0 aliphatic heterocycles. The van der Waals surface area contributed by atoms with Gasteiger partial charge in [-0.05, 0) is 38.5 Å². The fraction of sp³-hybridized carbons (Fsp3) is 0.375. The predicted molar refractivity (Wildman–Crippen MR) is 88.6 cm³/mol. The van der Waals surface area contributed by atoms with Crippen LogP contribution in [0.25, 0.3) is 21.9 Å². The molecule has 0 unspecified atom stereocenters. The van der Waals surface area contributed by atoms with Crippen LogP contribution in [-0.4, -0.2) is 27.2 Å². The average molecular weight is 320 g/mol. The largest absolute Gasteiger partial charge is 0.379 e. The van der Waals surface area contributed by atoms with Crippen molar-refractivity contribution in [3.8, 4) is 0 Å². The highest BCUT2D eigenvalue weighted by molar-refractivity contribution is 6.31. The minimum Gasteiger partial charge on any atom is -0.379 e. The number of fused-ring (bicyclic) bond motifs is 3. The van der Waals surface area contributed by atoms with Crippen molar-refractivity contribution in [3.05, 3.63) is 39.9 Å². The Balaban J connectivity index is 1.92. The van der Waals surface area contributed by atoms with Gasteiger partial charge in [0.15, 0.2) is 0 Å². The number of H-pyrrole nitrogens is 1. The number of hydrogen-bond acceptors (Lipinski definition) is 3. The highest BCUT2D eigenvalue weighted by Crippen LogP contribution is 2.24. The minimum atomic E-state index is -0.0677. The first kappa shape index (κ1) is 15.1. The number of halogens is 1. The Bertz CT molecular complexity index is 867. The van der Waals surface area contributed by atoms with Gasteiger partial charge in [0.05, 0.1) is 12.4 Å². The summed E-state index contributed by atoms with van der Waals surface area (Å²) < 4.78 is 7.11. The Hall–Kier alpha value is -1.85. The zero-order valence-corrected chi connectivity index (χ0v) is 13.4. The van der Waals surface area contributed by atoms with Crippen molar-refractivity contribution in [3.63, 3.8) is 0 Å². The lowest BCUT2D eigenvalue weighted by Gasteiger charge is -2.08. The molecular formula is C16H18ClN3O2. The molecule has 3 aromatic rings. The van der Waals surface area contributed by atoms with Gasteiger partial charge in [-0.2, -0.15) is 0 Å². The second-order valence-corrected chi connectivity index (χ2v) is 5.99. The van der Waals surface area contributed by atoms with Gasteiger partial charge in [0.1, 0.15) is 11.0 Å². The highest BCUT2D eigenvalue weighted by Gasteiger charge is 2.11. The Morgan fingerprint density at radius 2 is 2.23 bits per heavy atom. The van der Waals surface area contributed by atoms with Crippen LogP contribution in [-0.2, 0) is 11.3 Å². The fourth-order valence-corrected chi connectivity index (χ4v) is 2.65. The molecule has 1 N–H and O–H groups in total. The van der Waals surface area contributed by atoms with Gasteiger partial charge in [-0.15, -0.1) is 0 Å². The predicted octanol–water partition coefficient (Wildman–Crippen LogP) is 3.35. The molecule has 0 aliphatic carbocycles. The first-order chi connectivity index (χ1) is 10.6. The molecule has 0 saturated heterocycles. The lowest BCUT2D eigenvalue weighted by atomic mass is 10.2. The van der Waals surface area contributed by atoms with Crippen LogP contribution in [0.4, 0.5) is 0 Å².